The van der Waals surface area contributed by atoms with E-state index in [4.69, 9.17) is 9.47 Å². The first kappa shape index (κ1) is 24.8. The normalized spacial score (nSPS) is 17.8. The molecule has 11 heteroatoms. The highest BCUT2D eigenvalue weighted by molar-refractivity contribution is 7.96. The maximum absolute atomic E-state index is 12.9. The smallest absolute Gasteiger partial charge is 0.242 e. The van der Waals surface area contributed by atoms with E-state index < -0.39 is 10.0 Å². The van der Waals surface area contributed by atoms with Crippen LogP contribution >= 0.6 is 24.5 Å². The summed E-state index contributed by atoms with van der Waals surface area (Å²) < 4.78 is 44.3. The fraction of sp³-hybridized carbons (Fsp3) is 0.429. The molecule has 0 saturated carbocycles. The van der Waals surface area contributed by atoms with Crippen molar-refractivity contribution >= 4 is 34.6 Å². The Morgan fingerprint density at radius 3 is 2.62 bits per heavy atom. The van der Waals surface area contributed by atoms with Gasteiger partial charge in [-0.2, -0.15) is 0 Å². The summed E-state index contributed by atoms with van der Waals surface area (Å²) in [6.07, 6.45) is 7.08. The minimum Gasteiger partial charge on any atom is -0.493 e. The Labute approximate surface area is 200 Å². The quantitative estimate of drug-likeness (QED) is 0.416. The lowest BCUT2D eigenvalue weighted by Gasteiger charge is -2.29. The van der Waals surface area contributed by atoms with Crippen LogP contribution in [0.3, 0.4) is 0 Å². The zero-order valence-corrected chi connectivity index (χ0v) is 20.8. The van der Waals surface area contributed by atoms with Crippen molar-refractivity contribution in [2.45, 2.75) is 26.3 Å². The Morgan fingerprint density at radius 1 is 1.19 bits per heavy atom. The first-order chi connectivity index (χ1) is 14.9. The van der Waals surface area contributed by atoms with E-state index in [2.05, 4.69) is 20.4 Å². The van der Waals surface area contributed by atoms with Crippen molar-refractivity contribution in [2.24, 2.45) is 0 Å². The van der Waals surface area contributed by atoms with E-state index in [1.54, 1.807) is 20.4 Å². The van der Waals surface area contributed by atoms with Crippen molar-refractivity contribution in [3.63, 3.8) is 0 Å². The van der Waals surface area contributed by atoms with Gasteiger partial charge in [0.2, 0.25) is 10.0 Å². The molecular weight excluding hydrogens is 472 g/mol. The fourth-order valence-corrected chi connectivity index (χ4v) is 6.23. The number of ether oxygens (including phenoxy) is 2. The van der Waals surface area contributed by atoms with Gasteiger partial charge in [0, 0.05) is 32.0 Å². The molecule has 1 aromatic rings. The lowest BCUT2D eigenvalue weighted by atomic mass is 9.98. The summed E-state index contributed by atoms with van der Waals surface area (Å²) in [4.78, 5) is 2.68. The molecule has 0 fully saturated rings. The zero-order chi connectivity index (χ0) is 22.0. The largest absolute Gasteiger partial charge is 0.493 e. The predicted molar refractivity (Wildman–Crippen MR) is 130 cm³/mol. The highest BCUT2D eigenvalue weighted by atomic mass is 35.5. The second kappa shape index (κ2) is 10.4. The monoisotopic (exact) mass is 500 g/mol. The molecule has 0 bridgehead atoms. The number of hydrogen-bond donors (Lipinski definition) is 2. The molecule has 0 unspecified atom stereocenters. The molecule has 0 spiro atoms. The molecule has 3 aliphatic heterocycles. The van der Waals surface area contributed by atoms with Gasteiger partial charge in [-0.15, -0.1) is 12.4 Å². The van der Waals surface area contributed by atoms with Gasteiger partial charge in [0.25, 0.3) is 0 Å². The van der Waals surface area contributed by atoms with Crippen molar-refractivity contribution in [2.75, 3.05) is 33.9 Å². The second-order valence-electron chi connectivity index (χ2n) is 7.65. The number of nitrogens with zero attached hydrogens (tertiary/aromatic N) is 2. The standard InChI is InChI=1S/C21H28N4O4S2.ClH/c1-15-5-10-25-18(13-22-30-25)21(15)31(26,27)23-7-4-8-24-9-6-16-11-19(28-2)20(29-3)12-17(16)14-24;/h5,10-13,22-23H,4,6-9,14H2,1-3H3;1H. The Morgan fingerprint density at radius 2 is 1.91 bits per heavy atom. The van der Waals surface area contributed by atoms with Gasteiger partial charge < -0.3 is 14.2 Å². The van der Waals surface area contributed by atoms with Crippen molar-refractivity contribution in [1.82, 2.24) is 18.6 Å². The summed E-state index contributed by atoms with van der Waals surface area (Å²) in [5.74, 6) is 1.50. The van der Waals surface area contributed by atoms with Gasteiger partial charge in [-0.25, -0.2) is 13.1 Å². The molecule has 32 heavy (non-hydrogen) atoms. The van der Waals surface area contributed by atoms with Gasteiger partial charge in [0.05, 0.1) is 32.1 Å². The van der Waals surface area contributed by atoms with Crippen molar-refractivity contribution < 1.29 is 17.9 Å². The van der Waals surface area contributed by atoms with Gasteiger partial charge in [0.1, 0.15) is 4.91 Å². The fourth-order valence-electron chi connectivity index (χ4n) is 4.05. The molecule has 1 aromatic carbocycles. The first-order valence-electron chi connectivity index (χ1n) is 10.2. The SMILES string of the molecule is COc1cc2c(cc1OC)CN(CCCNS(=O)(=O)C1=C(C)C=CN3SNC=C13)CC2.Cl. The predicted octanol–water partition coefficient (Wildman–Crippen LogP) is 2.90. The molecule has 0 saturated heterocycles. The number of rotatable bonds is 8. The lowest BCUT2D eigenvalue weighted by Crippen LogP contribution is -2.34. The van der Waals surface area contributed by atoms with E-state index in [9.17, 15) is 8.42 Å². The topological polar surface area (TPSA) is 83.1 Å². The van der Waals surface area contributed by atoms with Gasteiger partial charge in [-0.1, -0.05) is 0 Å². The maximum Gasteiger partial charge on any atom is 0.242 e. The lowest BCUT2D eigenvalue weighted by molar-refractivity contribution is 0.250. The molecule has 0 aliphatic carbocycles. The van der Waals surface area contributed by atoms with Crippen LogP contribution in [0.25, 0.3) is 0 Å². The molecule has 8 nitrogen and oxygen atoms in total. The number of methoxy groups -OCH3 is 2. The molecule has 3 heterocycles. The third-order valence-corrected chi connectivity index (χ3v) is 8.03. The molecule has 3 aliphatic rings. The van der Waals surface area contributed by atoms with Crippen LogP contribution in [0.4, 0.5) is 0 Å². The second-order valence-corrected chi connectivity index (χ2v) is 10.2. The minimum atomic E-state index is -3.59. The minimum absolute atomic E-state index is 0. The molecular formula is C21H29ClN4O4S2. The van der Waals surface area contributed by atoms with Crippen molar-refractivity contribution in [3.8, 4) is 11.5 Å². The molecule has 0 atom stereocenters. The summed E-state index contributed by atoms with van der Waals surface area (Å²) in [7, 11) is -0.294. The zero-order valence-electron chi connectivity index (χ0n) is 18.4. The highest BCUT2D eigenvalue weighted by Crippen LogP contribution is 2.36. The number of halogens is 1. The molecule has 4 rings (SSSR count). The van der Waals surface area contributed by atoms with Gasteiger partial charge in [-0.05, 0) is 61.2 Å². The van der Waals surface area contributed by atoms with E-state index in [-0.39, 0.29) is 12.4 Å². The number of fused-ring (bicyclic) bond motifs is 2. The average Bonchev–Trinajstić information content (AvgIpc) is 3.23. The number of allylic oxidation sites excluding steroid dienone is 2. The summed E-state index contributed by atoms with van der Waals surface area (Å²) in [6, 6.07) is 4.10. The van der Waals surface area contributed by atoms with E-state index in [1.807, 2.05) is 29.6 Å². The summed E-state index contributed by atoms with van der Waals surface area (Å²) in [5.41, 5.74) is 3.91. The van der Waals surface area contributed by atoms with Crippen LogP contribution in [0.2, 0.25) is 0 Å². The average molecular weight is 501 g/mol. The van der Waals surface area contributed by atoms with Crippen LogP contribution in [0.5, 0.6) is 11.5 Å². The highest BCUT2D eigenvalue weighted by Gasteiger charge is 2.31. The van der Waals surface area contributed by atoms with Gasteiger partial charge in [-0.3, -0.25) is 9.21 Å². The summed E-state index contributed by atoms with van der Waals surface area (Å²) in [6.45, 7) is 4.80. The third kappa shape index (κ3) is 5.04. The Balaban J connectivity index is 0.00000289. The van der Waals surface area contributed by atoms with E-state index in [1.165, 1.54) is 23.3 Å². The van der Waals surface area contributed by atoms with Crippen LogP contribution < -0.4 is 18.9 Å². The molecule has 0 aromatic heterocycles. The van der Waals surface area contributed by atoms with Gasteiger partial charge >= 0.3 is 0 Å². The Bertz CT molecular complexity index is 1060. The molecule has 2 N–H and O–H groups in total. The number of sulfonamides is 1. The number of hydrogen-bond acceptors (Lipinski definition) is 8. The maximum atomic E-state index is 12.9. The third-order valence-electron chi connectivity index (χ3n) is 5.64. The van der Waals surface area contributed by atoms with E-state index in [0.717, 1.165) is 49.5 Å². The molecule has 176 valence electrons. The molecule has 0 amide bonds. The van der Waals surface area contributed by atoms with E-state index >= 15 is 0 Å². The number of nitrogens with one attached hydrogen (secondary N) is 2. The van der Waals surface area contributed by atoms with Crippen LogP contribution in [0.1, 0.15) is 24.5 Å². The Kier molecular flexibility index (Phi) is 8.05. The molecule has 0 radical (unpaired) electrons. The summed E-state index contributed by atoms with van der Waals surface area (Å²) >= 11 is 1.35. The van der Waals surface area contributed by atoms with Crippen LogP contribution in [-0.2, 0) is 23.0 Å². The Hall–Kier alpha value is -1.85. The van der Waals surface area contributed by atoms with E-state index in [0.29, 0.717) is 17.1 Å². The summed E-state index contributed by atoms with van der Waals surface area (Å²) in [5, 5.41) is 0. The number of benzene rings is 1. The van der Waals surface area contributed by atoms with Crippen LogP contribution in [-0.4, -0.2) is 51.5 Å². The van der Waals surface area contributed by atoms with Crippen LogP contribution in [0.15, 0.2) is 46.8 Å². The van der Waals surface area contributed by atoms with Crippen LogP contribution in [0, 0.1) is 0 Å². The first-order valence-corrected chi connectivity index (χ1v) is 12.5. The van der Waals surface area contributed by atoms with Gasteiger partial charge in [0.15, 0.2) is 11.5 Å². The van der Waals surface area contributed by atoms with Crippen molar-refractivity contribution in [1.29, 1.82) is 0 Å². The van der Waals surface area contributed by atoms with Crippen molar-refractivity contribution in [3.05, 3.63) is 57.9 Å².